The first kappa shape index (κ1) is 14.9. The molecule has 0 saturated heterocycles. The number of rotatable bonds is 3. The van der Waals surface area contributed by atoms with Crippen molar-refractivity contribution in [2.24, 2.45) is 0 Å². The Morgan fingerprint density at radius 1 is 0.950 bits per heavy atom. The molecule has 0 spiro atoms. The largest absolute Gasteiger partial charge is 0.379 e. The van der Waals surface area contributed by atoms with Crippen molar-refractivity contribution in [1.82, 2.24) is 0 Å². The topological polar surface area (TPSA) is 43.4 Å². The Morgan fingerprint density at radius 2 is 1.65 bits per heavy atom. The van der Waals surface area contributed by atoms with E-state index in [2.05, 4.69) is 0 Å². The average molecular weight is 311 g/mol. The average Bonchev–Trinajstić information content (AvgIpc) is 2.36. The van der Waals surface area contributed by atoms with Gasteiger partial charge in [-0.3, -0.25) is 0 Å². The van der Waals surface area contributed by atoms with Gasteiger partial charge in [-0.05, 0) is 56.2 Å². The molecule has 0 aromatic heterocycles. The van der Waals surface area contributed by atoms with Crippen LogP contribution in [0.1, 0.15) is 16.7 Å². The zero-order chi connectivity index (χ0) is 14.9. The van der Waals surface area contributed by atoms with Gasteiger partial charge in [0.15, 0.2) is 0 Å². The van der Waals surface area contributed by atoms with Crippen molar-refractivity contribution in [2.75, 3.05) is 0 Å². The van der Waals surface area contributed by atoms with Crippen molar-refractivity contribution in [2.45, 2.75) is 25.7 Å². The summed E-state index contributed by atoms with van der Waals surface area (Å²) in [5.41, 5.74) is 2.52. The molecule has 0 aliphatic rings. The zero-order valence-corrected chi connectivity index (χ0v) is 13.0. The standard InChI is InChI=1S/C15H15ClO3S/c1-10-4-7-15(12(3)8-10)19-20(17,18)13-5-6-14(16)11(2)9-13/h4-9H,1-3H3. The predicted molar refractivity (Wildman–Crippen MR) is 79.9 cm³/mol. The van der Waals surface area contributed by atoms with E-state index in [0.717, 1.165) is 11.1 Å². The van der Waals surface area contributed by atoms with Crippen LogP contribution < -0.4 is 4.18 Å². The van der Waals surface area contributed by atoms with Crippen LogP contribution in [0, 0.1) is 20.8 Å². The van der Waals surface area contributed by atoms with E-state index in [1.54, 1.807) is 19.1 Å². The molecule has 0 bridgehead atoms. The fourth-order valence-corrected chi connectivity index (χ4v) is 3.02. The van der Waals surface area contributed by atoms with Gasteiger partial charge in [0.25, 0.3) is 0 Å². The van der Waals surface area contributed by atoms with Crippen LogP contribution in [-0.4, -0.2) is 8.42 Å². The van der Waals surface area contributed by atoms with Gasteiger partial charge in [0.2, 0.25) is 0 Å². The summed E-state index contributed by atoms with van der Waals surface area (Å²) in [7, 11) is -3.85. The molecular weight excluding hydrogens is 296 g/mol. The smallest absolute Gasteiger partial charge is 0.339 e. The Kier molecular flexibility index (Phi) is 4.06. The third kappa shape index (κ3) is 3.14. The van der Waals surface area contributed by atoms with Gasteiger partial charge in [-0.2, -0.15) is 8.42 Å². The van der Waals surface area contributed by atoms with Crippen LogP contribution in [0.15, 0.2) is 41.3 Å². The summed E-state index contributed by atoms with van der Waals surface area (Å²) in [6.45, 7) is 5.50. The maximum absolute atomic E-state index is 12.2. The highest BCUT2D eigenvalue weighted by Crippen LogP contribution is 2.25. The Balaban J connectivity index is 2.38. The van der Waals surface area contributed by atoms with Gasteiger partial charge in [-0.25, -0.2) is 0 Å². The monoisotopic (exact) mass is 310 g/mol. The molecule has 0 N–H and O–H groups in total. The molecule has 20 heavy (non-hydrogen) atoms. The van der Waals surface area contributed by atoms with E-state index in [9.17, 15) is 8.42 Å². The molecule has 0 amide bonds. The van der Waals surface area contributed by atoms with E-state index in [0.29, 0.717) is 16.3 Å². The molecule has 2 aromatic carbocycles. The first-order chi connectivity index (χ1) is 9.29. The van der Waals surface area contributed by atoms with Gasteiger partial charge in [-0.15, -0.1) is 0 Å². The van der Waals surface area contributed by atoms with E-state index >= 15 is 0 Å². The molecule has 3 nitrogen and oxygen atoms in total. The van der Waals surface area contributed by atoms with Gasteiger partial charge >= 0.3 is 10.1 Å². The summed E-state index contributed by atoms with van der Waals surface area (Å²) in [4.78, 5) is 0.0966. The van der Waals surface area contributed by atoms with Crippen molar-refractivity contribution >= 4 is 21.7 Å². The first-order valence-electron chi connectivity index (χ1n) is 6.07. The van der Waals surface area contributed by atoms with Gasteiger partial charge in [0.05, 0.1) is 0 Å². The van der Waals surface area contributed by atoms with E-state index < -0.39 is 10.1 Å². The molecule has 0 heterocycles. The minimum Gasteiger partial charge on any atom is -0.379 e. The lowest BCUT2D eigenvalue weighted by Crippen LogP contribution is -2.10. The first-order valence-corrected chi connectivity index (χ1v) is 7.86. The van der Waals surface area contributed by atoms with Crippen molar-refractivity contribution in [3.05, 3.63) is 58.1 Å². The summed E-state index contributed by atoms with van der Waals surface area (Å²) in [6, 6.07) is 9.83. The van der Waals surface area contributed by atoms with Gasteiger partial charge < -0.3 is 4.18 Å². The molecule has 0 aliphatic heterocycles. The maximum Gasteiger partial charge on any atom is 0.339 e. The molecular formula is C15H15ClO3S. The maximum atomic E-state index is 12.2. The van der Waals surface area contributed by atoms with Crippen LogP contribution in [0.5, 0.6) is 5.75 Å². The molecule has 0 unspecified atom stereocenters. The molecule has 5 heteroatoms. The number of aryl methyl sites for hydroxylation is 3. The quantitative estimate of drug-likeness (QED) is 0.804. The third-order valence-electron chi connectivity index (χ3n) is 2.95. The fourth-order valence-electron chi connectivity index (χ4n) is 1.83. The summed E-state index contributed by atoms with van der Waals surface area (Å²) in [5, 5.41) is 0.524. The molecule has 106 valence electrons. The summed E-state index contributed by atoms with van der Waals surface area (Å²) in [6.07, 6.45) is 0. The van der Waals surface area contributed by atoms with Crippen LogP contribution in [0.3, 0.4) is 0 Å². The van der Waals surface area contributed by atoms with Crippen molar-refractivity contribution in [3.8, 4) is 5.75 Å². The Hall–Kier alpha value is -1.52. The number of hydrogen-bond acceptors (Lipinski definition) is 3. The van der Waals surface area contributed by atoms with E-state index in [-0.39, 0.29) is 4.90 Å². The zero-order valence-electron chi connectivity index (χ0n) is 11.5. The van der Waals surface area contributed by atoms with Crippen molar-refractivity contribution in [3.63, 3.8) is 0 Å². The Morgan fingerprint density at radius 3 is 2.25 bits per heavy atom. The van der Waals surface area contributed by atoms with Crippen LogP contribution >= 0.6 is 11.6 Å². The second-order valence-electron chi connectivity index (χ2n) is 4.72. The minimum absolute atomic E-state index is 0.0966. The summed E-state index contributed by atoms with van der Waals surface area (Å²) in [5.74, 6) is 0.336. The van der Waals surface area contributed by atoms with Gasteiger partial charge in [0.1, 0.15) is 10.6 Å². The Bertz CT molecular complexity index is 752. The van der Waals surface area contributed by atoms with E-state index in [1.807, 2.05) is 26.0 Å². The predicted octanol–water partition coefficient (Wildman–Crippen LogP) is 4.03. The van der Waals surface area contributed by atoms with Crippen LogP contribution in [0.2, 0.25) is 5.02 Å². The molecule has 0 saturated carbocycles. The minimum atomic E-state index is -3.85. The van der Waals surface area contributed by atoms with Crippen molar-refractivity contribution < 1.29 is 12.6 Å². The lowest BCUT2D eigenvalue weighted by atomic mass is 10.1. The number of hydrogen-bond donors (Lipinski definition) is 0. The number of benzene rings is 2. The lowest BCUT2D eigenvalue weighted by molar-refractivity contribution is 0.484. The number of halogens is 1. The highest BCUT2D eigenvalue weighted by Gasteiger charge is 2.18. The summed E-state index contributed by atoms with van der Waals surface area (Å²) >= 11 is 5.90. The summed E-state index contributed by atoms with van der Waals surface area (Å²) < 4.78 is 29.7. The van der Waals surface area contributed by atoms with Gasteiger partial charge in [0, 0.05) is 5.02 Å². The molecule has 0 fully saturated rings. The second kappa shape index (κ2) is 5.46. The molecule has 2 rings (SSSR count). The molecule has 0 radical (unpaired) electrons. The SMILES string of the molecule is Cc1ccc(OS(=O)(=O)c2ccc(Cl)c(C)c2)c(C)c1. The molecule has 0 aliphatic carbocycles. The van der Waals surface area contributed by atoms with E-state index in [4.69, 9.17) is 15.8 Å². The lowest BCUT2D eigenvalue weighted by Gasteiger charge is -2.10. The molecule has 2 aromatic rings. The highest BCUT2D eigenvalue weighted by atomic mass is 35.5. The van der Waals surface area contributed by atoms with Crippen molar-refractivity contribution in [1.29, 1.82) is 0 Å². The third-order valence-corrected chi connectivity index (χ3v) is 4.60. The second-order valence-corrected chi connectivity index (χ2v) is 6.67. The molecule has 0 atom stereocenters. The van der Waals surface area contributed by atoms with E-state index in [1.165, 1.54) is 12.1 Å². The highest BCUT2D eigenvalue weighted by molar-refractivity contribution is 7.87. The van der Waals surface area contributed by atoms with Crippen LogP contribution in [0.4, 0.5) is 0 Å². The van der Waals surface area contributed by atoms with Gasteiger partial charge in [-0.1, -0.05) is 29.3 Å². The van der Waals surface area contributed by atoms with Crippen LogP contribution in [-0.2, 0) is 10.1 Å². The van der Waals surface area contributed by atoms with Crippen LogP contribution in [0.25, 0.3) is 0 Å². The Labute approximate surface area is 124 Å². The normalized spacial score (nSPS) is 11.4. The fraction of sp³-hybridized carbons (Fsp3) is 0.200.